The summed E-state index contributed by atoms with van der Waals surface area (Å²) in [5.74, 6) is -2.92. The lowest BCUT2D eigenvalue weighted by atomic mass is 9.37. The van der Waals surface area contributed by atoms with Crippen molar-refractivity contribution < 1.29 is 24.9 Å². The van der Waals surface area contributed by atoms with Gasteiger partial charge in [0.1, 0.15) is 6.10 Å². The molecule has 0 amide bonds. The number of ketones is 1. The van der Waals surface area contributed by atoms with Gasteiger partial charge in [-0.05, 0) is 30.3 Å². The molecule has 0 aromatic heterocycles. The van der Waals surface area contributed by atoms with Gasteiger partial charge in [-0.2, -0.15) is 0 Å². The van der Waals surface area contributed by atoms with E-state index in [9.17, 15) is 20.1 Å². The van der Waals surface area contributed by atoms with E-state index in [1.807, 2.05) is 12.2 Å². The van der Waals surface area contributed by atoms with E-state index < -0.39 is 28.8 Å². The van der Waals surface area contributed by atoms with Gasteiger partial charge in [0, 0.05) is 23.2 Å². The molecular weight excluding hydrogens is 320 g/mol. The molecule has 0 aromatic carbocycles. The molecule has 3 N–H and O–H groups in total. The fraction of sp³-hybridized carbons (Fsp3) is 0.750. The van der Waals surface area contributed by atoms with Crippen LogP contribution in [0.5, 0.6) is 0 Å². The summed E-state index contributed by atoms with van der Waals surface area (Å²) in [4.78, 5) is 13.3. The monoisotopic (exact) mass is 346 g/mol. The molecule has 0 aromatic rings. The van der Waals surface area contributed by atoms with Gasteiger partial charge in [0.2, 0.25) is 5.79 Å². The number of aliphatic hydroxyl groups is 3. The first kappa shape index (κ1) is 16.2. The Morgan fingerprint density at radius 3 is 2.72 bits per heavy atom. The molecule has 5 fully saturated rings. The molecule has 3 saturated carbocycles. The molecule has 6 rings (SSSR count). The van der Waals surface area contributed by atoms with Gasteiger partial charge >= 0.3 is 0 Å². The summed E-state index contributed by atoms with van der Waals surface area (Å²) in [7, 11) is 0. The number of carbonyl (C=O) groups is 1. The van der Waals surface area contributed by atoms with Crippen molar-refractivity contribution in [3.05, 3.63) is 24.3 Å². The SMILES string of the molecule is C=C1C(=O)C23CC1C=CC2C12COC3(O)C(O)C1C(C)(C)CCC2O. The Hall–Kier alpha value is -1.01. The van der Waals surface area contributed by atoms with Gasteiger partial charge in [0.05, 0.1) is 18.1 Å². The number of hydrogen-bond donors (Lipinski definition) is 3. The minimum absolute atomic E-state index is 0.119. The predicted octanol–water partition coefficient (Wildman–Crippen LogP) is 1.18. The molecule has 6 aliphatic rings. The average molecular weight is 346 g/mol. The van der Waals surface area contributed by atoms with Crippen molar-refractivity contribution in [2.24, 2.45) is 34.0 Å². The van der Waals surface area contributed by atoms with Crippen molar-refractivity contribution in [1.82, 2.24) is 0 Å². The summed E-state index contributed by atoms with van der Waals surface area (Å²) < 4.78 is 5.86. The Kier molecular flexibility index (Phi) is 2.77. The Balaban J connectivity index is 1.81. The second-order valence-corrected chi connectivity index (χ2v) is 9.56. The maximum Gasteiger partial charge on any atom is 0.206 e. The zero-order valence-electron chi connectivity index (χ0n) is 14.7. The number of ether oxygens (including phenoxy) is 1. The quantitative estimate of drug-likeness (QED) is 0.453. The molecule has 2 heterocycles. The molecule has 8 atom stereocenters. The molecule has 5 heteroatoms. The van der Waals surface area contributed by atoms with E-state index in [4.69, 9.17) is 4.74 Å². The van der Waals surface area contributed by atoms with Gasteiger partial charge in [-0.15, -0.1) is 0 Å². The lowest BCUT2D eigenvalue weighted by molar-refractivity contribution is -0.440. The van der Waals surface area contributed by atoms with Crippen LogP contribution in [-0.2, 0) is 9.53 Å². The van der Waals surface area contributed by atoms with Gasteiger partial charge in [-0.1, -0.05) is 32.6 Å². The van der Waals surface area contributed by atoms with Crippen LogP contribution in [0.15, 0.2) is 24.3 Å². The van der Waals surface area contributed by atoms with E-state index in [1.54, 1.807) is 0 Å². The molecule has 4 aliphatic carbocycles. The lowest BCUT2D eigenvalue weighted by Crippen LogP contribution is -2.83. The number of hydrogen-bond acceptors (Lipinski definition) is 5. The van der Waals surface area contributed by atoms with Gasteiger partial charge in [-0.3, -0.25) is 4.79 Å². The van der Waals surface area contributed by atoms with Gasteiger partial charge in [0.15, 0.2) is 5.78 Å². The first-order chi connectivity index (χ1) is 11.6. The molecule has 0 radical (unpaired) electrons. The number of rotatable bonds is 0. The molecule has 2 saturated heterocycles. The molecular formula is C20H26O5. The largest absolute Gasteiger partial charge is 0.392 e. The molecule has 8 unspecified atom stereocenters. The van der Waals surface area contributed by atoms with Crippen LogP contribution in [0.1, 0.15) is 33.1 Å². The molecule has 4 bridgehead atoms. The Labute approximate surface area is 147 Å². The van der Waals surface area contributed by atoms with E-state index >= 15 is 0 Å². The zero-order chi connectivity index (χ0) is 18.0. The van der Waals surface area contributed by atoms with Crippen molar-refractivity contribution in [3.8, 4) is 0 Å². The van der Waals surface area contributed by atoms with Crippen LogP contribution in [0.4, 0.5) is 0 Å². The second-order valence-electron chi connectivity index (χ2n) is 9.56. The van der Waals surface area contributed by atoms with E-state index in [1.165, 1.54) is 0 Å². The predicted molar refractivity (Wildman–Crippen MR) is 89.2 cm³/mol. The van der Waals surface area contributed by atoms with Crippen LogP contribution < -0.4 is 0 Å². The third-order valence-corrected chi connectivity index (χ3v) is 8.33. The van der Waals surface area contributed by atoms with Crippen LogP contribution in [0.3, 0.4) is 0 Å². The minimum Gasteiger partial charge on any atom is -0.392 e. The van der Waals surface area contributed by atoms with Crippen molar-refractivity contribution in [2.75, 3.05) is 6.61 Å². The molecule has 2 spiro atoms. The lowest BCUT2D eigenvalue weighted by Gasteiger charge is -2.73. The smallest absolute Gasteiger partial charge is 0.206 e. The van der Waals surface area contributed by atoms with Crippen LogP contribution in [0, 0.1) is 34.0 Å². The summed E-state index contributed by atoms with van der Waals surface area (Å²) in [6.07, 6.45) is 3.91. The number of carbonyl (C=O) groups excluding carboxylic acids is 1. The topological polar surface area (TPSA) is 87.0 Å². The van der Waals surface area contributed by atoms with Gasteiger partial charge < -0.3 is 20.1 Å². The average Bonchev–Trinajstić information content (AvgIpc) is 2.75. The van der Waals surface area contributed by atoms with E-state index in [-0.39, 0.29) is 35.6 Å². The normalized spacial score (nSPS) is 58.2. The number of allylic oxidation sites excluding steroid dienone is 3. The second kappa shape index (κ2) is 4.28. The number of fused-ring (bicyclic) bond motifs is 2. The van der Waals surface area contributed by atoms with Gasteiger partial charge in [-0.25, -0.2) is 0 Å². The van der Waals surface area contributed by atoms with E-state index in [2.05, 4.69) is 20.4 Å². The molecule has 136 valence electrons. The van der Waals surface area contributed by atoms with E-state index in [0.29, 0.717) is 18.4 Å². The fourth-order valence-corrected chi connectivity index (χ4v) is 7.25. The highest BCUT2D eigenvalue weighted by Crippen LogP contribution is 2.75. The Morgan fingerprint density at radius 1 is 1.28 bits per heavy atom. The zero-order valence-corrected chi connectivity index (χ0v) is 14.7. The third-order valence-electron chi connectivity index (χ3n) is 8.33. The van der Waals surface area contributed by atoms with Gasteiger partial charge in [0.25, 0.3) is 0 Å². The highest BCUT2D eigenvalue weighted by Gasteiger charge is 2.83. The van der Waals surface area contributed by atoms with Crippen LogP contribution >= 0.6 is 0 Å². The standard InChI is InChI=1S/C20H26O5/c1-10-11-4-5-12-18-9-25-20(24,19(12,8-11)15(10)22)16(23)14(18)17(2,3)7-6-13(18)21/h4-5,11-14,16,21,23-24H,1,6-9H2,2-3H3. The van der Waals surface area contributed by atoms with Crippen LogP contribution in [0.25, 0.3) is 0 Å². The first-order valence-electron chi connectivity index (χ1n) is 9.27. The summed E-state index contributed by atoms with van der Waals surface area (Å²) in [5.41, 5.74) is -1.77. The Bertz CT molecular complexity index is 726. The summed E-state index contributed by atoms with van der Waals surface area (Å²) >= 11 is 0. The molecule has 5 nitrogen and oxygen atoms in total. The summed E-state index contributed by atoms with van der Waals surface area (Å²) in [6, 6.07) is 0. The minimum atomic E-state index is -1.92. The highest BCUT2D eigenvalue weighted by molar-refractivity contribution is 6.04. The fourth-order valence-electron chi connectivity index (χ4n) is 7.25. The van der Waals surface area contributed by atoms with Crippen molar-refractivity contribution in [3.63, 3.8) is 0 Å². The number of Topliss-reactive ketones (excluding diaryl/α,β-unsaturated/α-hetero) is 1. The highest BCUT2D eigenvalue weighted by atomic mass is 16.6. The number of aliphatic hydroxyl groups excluding tert-OH is 2. The van der Waals surface area contributed by atoms with Crippen LogP contribution in [-0.4, -0.2) is 45.7 Å². The summed E-state index contributed by atoms with van der Waals surface area (Å²) in [5, 5.41) is 33.9. The third kappa shape index (κ3) is 1.40. The molecule has 2 aliphatic heterocycles. The van der Waals surface area contributed by atoms with Crippen molar-refractivity contribution in [1.29, 1.82) is 0 Å². The Morgan fingerprint density at radius 2 is 2.00 bits per heavy atom. The van der Waals surface area contributed by atoms with Crippen molar-refractivity contribution >= 4 is 5.78 Å². The summed E-state index contributed by atoms with van der Waals surface area (Å²) in [6.45, 7) is 8.26. The first-order valence-corrected chi connectivity index (χ1v) is 9.27. The van der Waals surface area contributed by atoms with Crippen molar-refractivity contribution in [2.45, 2.75) is 51.1 Å². The maximum absolute atomic E-state index is 13.3. The maximum atomic E-state index is 13.3. The molecule has 25 heavy (non-hydrogen) atoms. The van der Waals surface area contributed by atoms with E-state index in [0.717, 1.165) is 6.42 Å². The van der Waals surface area contributed by atoms with Crippen LogP contribution in [0.2, 0.25) is 0 Å².